The highest BCUT2D eigenvalue weighted by Gasteiger charge is 2.58. The van der Waals surface area contributed by atoms with E-state index in [1.54, 1.807) is 0 Å². The number of aliphatic hydroxyl groups excluding tert-OH is 1. The number of aryl methyl sites for hydroxylation is 1. The summed E-state index contributed by atoms with van der Waals surface area (Å²) in [5.74, 6) is 0.888. The van der Waals surface area contributed by atoms with Gasteiger partial charge in [-0.2, -0.15) is 5.10 Å². The fourth-order valence-electron chi connectivity index (χ4n) is 2.54. The second kappa shape index (κ2) is 3.09. The van der Waals surface area contributed by atoms with E-state index < -0.39 is 0 Å². The monoisotopic (exact) mass is 194 g/mol. The summed E-state index contributed by atoms with van der Waals surface area (Å²) in [6, 6.07) is 2.07. The minimum absolute atomic E-state index is 0.238. The number of nitrogens with zero attached hydrogens (tertiary/aromatic N) is 2. The van der Waals surface area contributed by atoms with Crippen molar-refractivity contribution >= 4 is 0 Å². The van der Waals surface area contributed by atoms with Crippen LogP contribution in [0.2, 0.25) is 0 Å². The molecule has 1 aromatic heterocycles. The van der Waals surface area contributed by atoms with Gasteiger partial charge in [-0.1, -0.05) is 13.8 Å². The number of hydrogen-bond donors (Lipinski definition) is 1. The molecule has 3 nitrogen and oxygen atoms in total. The van der Waals surface area contributed by atoms with E-state index in [4.69, 9.17) is 0 Å². The zero-order valence-electron chi connectivity index (χ0n) is 9.07. The smallest absolute Gasteiger partial charge is 0.0492 e. The highest BCUT2D eigenvalue weighted by Crippen LogP contribution is 2.63. The van der Waals surface area contributed by atoms with Gasteiger partial charge in [0.1, 0.15) is 0 Å². The first-order chi connectivity index (χ1) is 6.62. The van der Waals surface area contributed by atoms with Crippen molar-refractivity contribution in [1.29, 1.82) is 0 Å². The molecule has 0 bridgehead atoms. The fraction of sp³-hybridized carbons (Fsp3) is 0.727. The van der Waals surface area contributed by atoms with Gasteiger partial charge in [0, 0.05) is 31.0 Å². The van der Waals surface area contributed by atoms with Gasteiger partial charge in [0.2, 0.25) is 0 Å². The SMILES string of the molecule is CCn1nccc1C1C(CO)C1(C)C. The molecule has 0 amide bonds. The molecular weight excluding hydrogens is 176 g/mol. The molecule has 2 rings (SSSR count). The van der Waals surface area contributed by atoms with E-state index in [2.05, 4.69) is 31.9 Å². The van der Waals surface area contributed by atoms with E-state index >= 15 is 0 Å². The van der Waals surface area contributed by atoms with Crippen LogP contribution in [0.1, 0.15) is 32.4 Å². The zero-order valence-corrected chi connectivity index (χ0v) is 9.07. The molecule has 0 saturated heterocycles. The molecular formula is C11H18N2O. The maximum absolute atomic E-state index is 9.24. The third-order valence-corrected chi connectivity index (χ3v) is 3.61. The third-order valence-electron chi connectivity index (χ3n) is 3.61. The minimum Gasteiger partial charge on any atom is -0.396 e. The third kappa shape index (κ3) is 1.19. The molecule has 14 heavy (non-hydrogen) atoms. The Morgan fingerprint density at radius 3 is 2.79 bits per heavy atom. The Morgan fingerprint density at radius 2 is 2.29 bits per heavy atom. The molecule has 1 saturated carbocycles. The van der Waals surface area contributed by atoms with Gasteiger partial charge in [0.05, 0.1) is 0 Å². The average molecular weight is 194 g/mol. The topological polar surface area (TPSA) is 38.0 Å². The molecule has 2 atom stereocenters. The summed E-state index contributed by atoms with van der Waals surface area (Å²) < 4.78 is 2.03. The second-order valence-corrected chi connectivity index (χ2v) is 4.66. The van der Waals surface area contributed by atoms with Crippen LogP contribution in [-0.4, -0.2) is 21.5 Å². The summed E-state index contributed by atoms with van der Waals surface area (Å²) in [5.41, 5.74) is 1.51. The quantitative estimate of drug-likeness (QED) is 0.794. The van der Waals surface area contributed by atoms with Crippen LogP contribution >= 0.6 is 0 Å². The van der Waals surface area contributed by atoms with Crippen LogP contribution in [0.25, 0.3) is 0 Å². The normalized spacial score (nSPS) is 29.1. The largest absolute Gasteiger partial charge is 0.396 e. The van der Waals surface area contributed by atoms with Crippen molar-refractivity contribution in [3.8, 4) is 0 Å². The first-order valence-corrected chi connectivity index (χ1v) is 5.25. The summed E-state index contributed by atoms with van der Waals surface area (Å²) in [4.78, 5) is 0. The lowest BCUT2D eigenvalue weighted by Crippen LogP contribution is -2.03. The van der Waals surface area contributed by atoms with Crippen molar-refractivity contribution in [3.05, 3.63) is 18.0 Å². The van der Waals surface area contributed by atoms with E-state index in [0.717, 1.165) is 6.54 Å². The molecule has 1 heterocycles. The molecule has 1 aliphatic rings. The van der Waals surface area contributed by atoms with Crippen LogP contribution in [0.15, 0.2) is 12.3 Å². The fourth-order valence-corrected chi connectivity index (χ4v) is 2.54. The standard InChI is InChI=1S/C11H18N2O/c1-4-13-9(5-6-12-13)10-8(7-14)11(10,2)3/h5-6,8,10,14H,4,7H2,1-3H3. The van der Waals surface area contributed by atoms with Crippen molar-refractivity contribution in [2.24, 2.45) is 11.3 Å². The van der Waals surface area contributed by atoms with Crippen LogP contribution < -0.4 is 0 Å². The lowest BCUT2D eigenvalue weighted by Gasteiger charge is -2.05. The van der Waals surface area contributed by atoms with Gasteiger partial charge >= 0.3 is 0 Å². The Hall–Kier alpha value is -0.830. The highest BCUT2D eigenvalue weighted by atomic mass is 16.3. The predicted octanol–water partition coefficient (Wildman–Crippen LogP) is 1.63. The Labute approximate surface area is 84.7 Å². The molecule has 78 valence electrons. The number of rotatable bonds is 3. The molecule has 0 aromatic carbocycles. The lowest BCUT2D eigenvalue weighted by atomic mass is 10.1. The highest BCUT2D eigenvalue weighted by molar-refractivity contribution is 5.25. The minimum atomic E-state index is 0.238. The Kier molecular flexibility index (Phi) is 2.14. The predicted molar refractivity (Wildman–Crippen MR) is 55.0 cm³/mol. The number of hydrogen-bond acceptors (Lipinski definition) is 2. The van der Waals surface area contributed by atoms with Gasteiger partial charge < -0.3 is 5.11 Å². The van der Waals surface area contributed by atoms with Crippen molar-refractivity contribution in [2.75, 3.05) is 6.61 Å². The van der Waals surface area contributed by atoms with Crippen molar-refractivity contribution in [3.63, 3.8) is 0 Å². The Balaban J connectivity index is 2.26. The van der Waals surface area contributed by atoms with E-state index in [-0.39, 0.29) is 12.0 Å². The van der Waals surface area contributed by atoms with Gasteiger partial charge in [-0.15, -0.1) is 0 Å². The van der Waals surface area contributed by atoms with Crippen LogP contribution in [0.3, 0.4) is 0 Å². The van der Waals surface area contributed by atoms with Crippen LogP contribution in [0, 0.1) is 11.3 Å². The van der Waals surface area contributed by atoms with Crippen LogP contribution in [-0.2, 0) is 6.54 Å². The zero-order chi connectivity index (χ0) is 10.3. The Bertz CT molecular complexity index is 330. The van der Waals surface area contributed by atoms with E-state index in [1.807, 2.05) is 10.9 Å². The van der Waals surface area contributed by atoms with Gasteiger partial charge in [0.25, 0.3) is 0 Å². The van der Waals surface area contributed by atoms with E-state index in [9.17, 15) is 5.11 Å². The molecule has 1 aliphatic carbocycles. The summed E-state index contributed by atoms with van der Waals surface area (Å²) in [5, 5.41) is 13.5. The van der Waals surface area contributed by atoms with Crippen LogP contribution in [0.4, 0.5) is 0 Å². The van der Waals surface area contributed by atoms with E-state index in [1.165, 1.54) is 5.69 Å². The van der Waals surface area contributed by atoms with Gasteiger partial charge in [-0.25, -0.2) is 0 Å². The molecule has 3 heteroatoms. The summed E-state index contributed by atoms with van der Waals surface area (Å²) in [6.45, 7) is 7.72. The van der Waals surface area contributed by atoms with Crippen molar-refractivity contribution in [1.82, 2.24) is 9.78 Å². The molecule has 0 aliphatic heterocycles. The second-order valence-electron chi connectivity index (χ2n) is 4.66. The summed E-state index contributed by atoms with van der Waals surface area (Å²) in [6.07, 6.45) is 1.85. The van der Waals surface area contributed by atoms with E-state index in [0.29, 0.717) is 11.8 Å². The first kappa shape index (κ1) is 9.71. The lowest BCUT2D eigenvalue weighted by molar-refractivity contribution is 0.256. The number of aliphatic hydroxyl groups is 1. The Morgan fingerprint density at radius 1 is 1.57 bits per heavy atom. The van der Waals surface area contributed by atoms with Crippen LogP contribution in [0.5, 0.6) is 0 Å². The molecule has 1 fully saturated rings. The van der Waals surface area contributed by atoms with Gasteiger partial charge in [-0.05, 0) is 24.3 Å². The molecule has 1 aromatic rings. The maximum atomic E-state index is 9.24. The summed E-state index contributed by atoms with van der Waals surface area (Å²) in [7, 11) is 0. The van der Waals surface area contributed by atoms with Crippen molar-refractivity contribution in [2.45, 2.75) is 33.2 Å². The molecule has 0 spiro atoms. The molecule has 2 unspecified atom stereocenters. The molecule has 1 N–H and O–H groups in total. The maximum Gasteiger partial charge on any atom is 0.0492 e. The molecule has 0 radical (unpaired) electrons. The van der Waals surface area contributed by atoms with Crippen molar-refractivity contribution < 1.29 is 5.11 Å². The van der Waals surface area contributed by atoms with Gasteiger partial charge in [-0.3, -0.25) is 4.68 Å². The summed E-state index contributed by atoms with van der Waals surface area (Å²) >= 11 is 0. The van der Waals surface area contributed by atoms with Gasteiger partial charge in [0.15, 0.2) is 0 Å². The number of aromatic nitrogens is 2. The first-order valence-electron chi connectivity index (χ1n) is 5.25. The average Bonchev–Trinajstić information content (AvgIpc) is 2.55.